The van der Waals surface area contributed by atoms with Crippen molar-refractivity contribution in [3.63, 3.8) is 0 Å². The first kappa shape index (κ1) is 21.1. The van der Waals surface area contributed by atoms with Crippen LogP contribution in [0.5, 0.6) is 5.75 Å². The van der Waals surface area contributed by atoms with Gasteiger partial charge in [0.25, 0.3) is 0 Å². The van der Waals surface area contributed by atoms with Crippen LogP contribution < -0.4 is 9.46 Å². The number of hydrogen-bond acceptors (Lipinski definition) is 3. The molecule has 1 unspecified atom stereocenters. The Morgan fingerprint density at radius 3 is 2.17 bits per heavy atom. The first-order valence-corrected chi connectivity index (χ1v) is 11.0. The maximum Gasteiger partial charge on any atom is 0.241 e. The smallest absolute Gasteiger partial charge is 0.241 e. The molecule has 0 saturated heterocycles. The van der Waals surface area contributed by atoms with Gasteiger partial charge in [0, 0.05) is 0 Å². The van der Waals surface area contributed by atoms with Gasteiger partial charge in [-0.15, -0.1) is 0 Å². The van der Waals surface area contributed by atoms with Crippen molar-refractivity contribution in [1.29, 1.82) is 0 Å². The summed E-state index contributed by atoms with van der Waals surface area (Å²) in [6, 6.07) is 18.5. The monoisotopic (exact) mass is 409 g/mol. The van der Waals surface area contributed by atoms with Crippen LogP contribution in [0.4, 0.5) is 0 Å². The zero-order chi connectivity index (χ0) is 21.2. The lowest BCUT2D eigenvalue weighted by atomic mass is 9.95. The SMILES string of the molecule is COc1ccc(S(=O)(=O)NC(c2ccccc2)c2ccc(C)cc2C)c(C)c1C. The molecule has 0 amide bonds. The van der Waals surface area contributed by atoms with E-state index in [1.807, 2.05) is 63.2 Å². The second-order valence-electron chi connectivity index (χ2n) is 7.34. The summed E-state index contributed by atoms with van der Waals surface area (Å²) in [5.41, 5.74) is 5.52. The van der Waals surface area contributed by atoms with Crippen LogP contribution >= 0.6 is 0 Å². The zero-order valence-corrected chi connectivity index (χ0v) is 18.3. The van der Waals surface area contributed by atoms with Gasteiger partial charge in [-0.3, -0.25) is 0 Å². The lowest BCUT2D eigenvalue weighted by molar-refractivity contribution is 0.410. The van der Waals surface area contributed by atoms with Gasteiger partial charge in [0.05, 0.1) is 18.0 Å². The van der Waals surface area contributed by atoms with E-state index in [4.69, 9.17) is 4.74 Å². The van der Waals surface area contributed by atoms with Crippen molar-refractivity contribution in [3.8, 4) is 5.75 Å². The predicted octanol–water partition coefficient (Wildman–Crippen LogP) is 5.00. The normalized spacial score (nSPS) is 12.6. The predicted molar refractivity (Wildman–Crippen MR) is 117 cm³/mol. The summed E-state index contributed by atoms with van der Waals surface area (Å²) in [4.78, 5) is 0.265. The van der Waals surface area contributed by atoms with E-state index < -0.39 is 16.1 Å². The molecule has 0 heterocycles. The topological polar surface area (TPSA) is 55.4 Å². The van der Waals surface area contributed by atoms with Gasteiger partial charge in [-0.25, -0.2) is 8.42 Å². The van der Waals surface area contributed by atoms with E-state index in [0.717, 1.165) is 27.8 Å². The van der Waals surface area contributed by atoms with Crippen molar-refractivity contribution in [2.45, 2.75) is 38.6 Å². The quantitative estimate of drug-likeness (QED) is 0.623. The number of sulfonamides is 1. The summed E-state index contributed by atoms with van der Waals surface area (Å²) < 4.78 is 35.0. The summed E-state index contributed by atoms with van der Waals surface area (Å²) >= 11 is 0. The van der Waals surface area contributed by atoms with Gasteiger partial charge >= 0.3 is 0 Å². The summed E-state index contributed by atoms with van der Waals surface area (Å²) in [6.45, 7) is 7.71. The molecule has 3 aromatic carbocycles. The third-order valence-electron chi connectivity index (χ3n) is 5.34. The number of benzene rings is 3. The molecule has 3 aromatic rings. The Morgan fingerprint density at radius 2 is 1.55 bits per heavy atom. The Labute approximate surface area is 173 Å². The standard InChI is InChI=1S/C24H27NO3S/c1-16-11-12-21(17(2)15-16)24(20-9-7-6-8-10-20)25-29(26,27)23-14-13-22(28-5)18(3)19(23)4/h6-15,24-25H,1-5H3. The zero-order valence-electron chi connectivity index (χ0n) is 17.5. The Hall–Kier alpha value is -2.63. The average Bonchev–Trinajstić information content (AvgIpc) is 2.69. The minimum absolute atomic E-state index is 0.265. The number of nitrogens with one attached hydrogen (secondary N) is 1. The molecule has 1 atom stereocenters. The Balaban J connectivity index is 2.10. The molecule has 5 heteroatoms. The fourth-order valence-corrected chi connectivity index (χ4v) is 5.11. The molecule has 3 rings (SSSR count). The van der Waals surface area contributed by atoms with Crippen LogP contribution in [0.3, 0.4) is 0 Å². The molecule has 0 radical (unpaired) electrons. The molecule has 0 fully saturated rings. The van der Waals surface area contributed by atoms with Gasteiger partial charge in [0.1, 0.15) is 5.75 Å². The third kappa shape index (κ3) is 4.36. The van der Waals surface area contributed by atoms with E-state index in [0.29, 0.717) is 11.3 Å². The second kappa shape index (κ2) is 8.39. The van der Waals surface area contributed by atoms with Gasteiger partial charge in [-0.05, 0) is 67.6 Å². The van der Waals surface area contributed by atoms with Crippen molar-refractivity contribution in [2.75, 3.05) is 7.11 Å². The molecule has 0 aliphatic carbocycles. The van der Waals surface area contributed by atoms with Crippen LogP contribution in [-0.2, 0) is 10.0 Å². The Bertz CT molecular complexity index is 1120. The molecule has 0 spiro atoms. The molecule has 0 bridgehead atoms. The second-order valence-corrected chi connectivity index (χ2v) is 9.02. The molecule has 0 aromatic heterocycles. The van der Waals surface area contributed by atoms with Crippen LogP contribution in [0.25, 0.3) is 0 Å². The van der Waals surface area contributed by atoms with Gasteiger partial charge in [0.15, 0.2) is 0 Å². The number of ether oxygens (including phenoxy) is 1. The lowest BCUT2D eigenvalue weighted by Crippen LogP contribution is -2.30. The molecule has 0 aliphatic heterocycles. The summed E-state index contributed by atoms with van der Waals surface area (Å²) in [6.07, 6.45) is 0. The highest BCUT2D eigenvalue weighted by Crippen LogP contribution is 2.31. The molecular formula is C24H27NO3S. The maximum atomic E-state index is 13.4. The summed E-state index contributed by atoms with van der Waals surface area (Å²) in [5, 5.41) is 0. The van der Waals surface area contributed by atoms with E-state index in [9.17, 15) is 8.42 Å². The van der Waals surface area contributed by atoms with E-state index in [1.54, 1.807) is 26.2 Å². The minimum atomic E-state index is -3.77. The number of methoxy groups -OCH3 is 1. The molecular weight excluding hydrogens is 382 g/mol. The van der Waals surface area contributed by atoms with Crippen molar-refractivity contribution in [3.05, 3.63) is 94.0 Å². The third-order valence-corrected chi connectivity index (χ3v) is 6.91. The molecule has 152 valence electrons. The van der Waals surface area contributed by atoms with Crippen molar-refractivity contribution in [1.82, 2.24) is 4.72 Å². The first-order chi connectivity index (χ1) is 13.7. The fourth-order valence-electron chi connectivity index (χ4n) is 3.61. The molecule has 1 N–H and O–H groups in total. The van der Waals surface area contributed by atoms with E-state index in [-0.39, 0.29) is 4.90 Å². The van der Waals surface area contributed by atoms with Crippen LogP contribution in [0.15, 0.2) is 65.6 Å². The minimum Gasteiger partial charge on any atom is -0.496 e. The van der Waals surface area contributed by atoms with E-state index >= 15 is 0 Å². The van der Waals surface area contributed by atoms with Gasteiger partial charge in [0.2, 0.25) is 10.0 Å². The van der Waals surface area contributed by atoms with Crippen LogP contribution in [0, 0.1) is 27.7 Å². The highest BCUT2D eigenvalue weighted by Gasteiger charge is 2.26. The van der Waals surface area contributed by atoms with Crippen LogP contribution in [0.2, 0.25) is 0 Å². The van der Waals surface area contributed by atoms with Gasteiger partial charge < -0.3 is 4.74 Å². The van der Waals surface area contributed by atoms with Crippen molar-refractivity contribution < 1.29 is 13.2 Å². The number of hydrogen-bond donors (Lipinski definition) is 1. The molecule has 0 aliphatic rings. The largest absolute Gasteiger partial charge is 0.496 e. The molecule has 0 saturated carbocycles. The average molecular weight is 410 g/mol. The van der Waals surface area contributed by atoms with E-state index in [1.165, 1.54) is 0 Å². The van der Waals surface area contributed by atoms with Gasteiger partial charge in [-0.2, -0.15) is 4.72 Å². The van der Waals surface area contributed by atoms with E-state index in [2.05, 4.69) is 10.8 Å². The van der Waals surface area contributed by atoms with Crippen molar-refractivity contribution >= 4 is 10.0 Å². The van der Waals surface area contributed by atoms with Gasteiger partial charge in [-0.1, -0.05) is 54.1 Å². The molecule has 29 heavy (non-hydrogen) atoms. The Morgan fingerprint density at radius 1 is 0.862 bits per heavy atom. The van der Waals surface area contributed by atoms with Crippen LogP contribution in [-0.4, -0.2) is 15.5 Å². The van der Waals surface area contributed by atoms with Crippen LogP contribution in [0.1, 0.15) is 39.4 Å². The summed E-state index contributed by atoms with van der Waals surface area (Å²) in [7, 11) is -2.18. The first-order valence-electron chi connectivity index (χ1n) is 9.53. The van der Waals surface area contributed by atoms with Crippen molar-refractivity contribution in [2.24, 2.45) is 0 Å². The highest BCUT2D eigenvalue weighted by molar-refractivity contribution is 7.89. The number of aryl methyl sites for hydroxylation is 2. The maximum absolute atomic E-state index is 13.4. The summed E-state index contributed by atoms with van der Waals surface area (Å²) in [5.74, 6) is 0.676. The Kier molecular flexibility index (Phi) is 6.10. The fraction of sp³-hybridized carbons (Fsp3) is 0.250. The molecule has 4 nitrogen and oxygen atoms in total. The number of rotatable bonds is 6. The highest BCUT2D eigenvalue weighted by atomic mass is 32.2. The lowest BCUT2D eigenvalue weighted by Gasteiger charge is -2.23.